The van der Waals surface area contributed by atoms with E-state index in [1.54, 1.807) is 6.08 Å². The van der Waals surface area contributed by atoms with Crippen LogP contribution in [-0.2, 0) is 9.53 Å². The molecule has 1 saturated heterocycles. The number of carbonyl (C=O) groups is 1. The lowest BCUT2D eigenvalue weighted by atomic mass is 10.1. The number of hydrogen-bond donors (Lipinski definition) is 0. The average molecular weight is 313 g/mol. The van der Waals surface area contributed by atoms with Crippen LogP contribution in [0.15, 0.2) is 36.4 Å². The van der Waals surface area contributed by atoms with E-state index in [2.05, 4.69) is 6.92 Å². The topological polar surface area (TPSA) is 29.5 Å². The van der Waals surface area contributed by atoms with Gasteiger partial charge in [-0.25, -0.2) is 0 Å². The molecule has 124 valence electrons. The molecule has 1 saturated carbocycles. The Bertz CT molecular complexity index is 536. The van der Waals surface area contributed by atoms with Gasteiger partial charge in [0.25, 0.3) is 0 Å². The molecule has 1 aliphatic carbocycles. The van der Waals surface area contributed by atoms with E-state index in [4.69, 9.17) is 4.74 Å². The molecule has 1 aliphatic heterocycles. The number of nitrogens with zero attached hydrogens (tertiary/aromatic N) is 1. The lowest BCUT2D eigenvalue weighted by Crippen LogP contribution is -2.50. The Balaban J connectivity index is 1.61. The van der Waals surface area contributed by atoms with E-state index in [0.29, 0.717) is 5.92 Å². The molecular weight excluding hydrogens is 286 g/mol. The Labute approximate surface area is 139 Å². The van der Waals surface area contributed by atoms with Gasteiger partial charge in [0.15, 0.2) is 0 Å². The molecule has 2 fully saturated rings. The maximum Gasteiger partial charge on any atom is 0.246 e. The van der Waals surface area contributed by atoms with Crippen molar-refractivity contribution in [2.45, 2.75) is 51.2 Å². The van der Waals surface area contributed by atoms with Crippen molar-refractivity contribution in [3.63, 3.8) is 0 Å². The highest BCUT2D eigenvalue weighted by atomic mass is 16.5. The largest absolute Gasteiger partial charge is 0.371 e. The third-order valence-corrected chi connectivity index (χ3v) is 4.75. The van der Waals surface area contributed by atoms with Crippen LogP contribution in [0.1, 0.15) is 44.6 Å². The van der Waals surface area contributed by atoms with E-state index < -0.39 is 0 Å². The highest BCUT2D eigenvalue weighted by Crippen LogP contribution is 2.37. The van der Waals surface area contributed by atoms with Crippen LogP contribution in [0.25, 0.3) is 6.08 Å². The fraction of sp³-hybridized carbons (Fsp3) is 0.550. The first-order chi connectivity index (χ1) is 11.3. The van der Waals surface area contributed by atoms with E-state index in [1.807, 2.05) is 41.3 Å². The van der Waals surface area contributed by atoms with Gasteiger partial charge >= 0.3 is 0 Å². The van der Waals surface area contributed by atoms with Crippen LogP contribution in [0.3, 0.4) is 0 Å². The van der Waals surface area contributed by atoms with Gasteiger partial charge in [-0.3, -0.25) is 4.79 Å². The Hall–Kier alpha value is -1.61. The molecule has 1 amide bonds. The van der Waals surface area contributed by atoms with Gasteiger partial charge in [-0.2, -0.15) is 0 Å². The maximum absolute atomic E-state index is 12.6. The number of amides is 1. The molecule has 3 rings (SSSR count). The summed E-state index contributed by atoms with van der Waals surface area (Å²) >= 11 is 0. The van der Waals surface area contributed by atoms with Crippen LogP contribution in [0.2, 0.25) is 0 Å². The molecule has 3 heteroatoms. The van der Waals surface area contributed by atoms with Crippen molar-refractivity contribution in [1.82, 2.24) is 4.90 Å². The highest BCUT2D eigenvalue weighted by Gasteiger charge is 2.39. The summed E-state index contributed by atoms with van der Waals surface area (Å²) in [4.78, 5) is 14.6. The zero-order chi connectivity index (χ0) is 16.1. The third kappa shape index (κ3) is 4.68. The second-order valence-electron chi connectivity index (χ2n) is 6.76. The standard InChI is InChI=1S/C20H27NO2/c1-2-3-9-18-14-21(15-19(23-18)17-11-12-17)20(22)13-10-16-7-5-4-6-8-16/h4-8,10,13,17-19H,2-3,9,11-12,14-15H2,1H3/b13-10+/t18-,19-/m1/s1. The first kappa shape index (κ1) is 16.3. The normalized spacial score (nSPS) is 25.0. The minimum Gasteiger partial charge on any atom is -0.371 e. The van der Waals surface area contributed by atoms with Crippen molar-refractivity contribution in [2.75, 3.05) is 13.1 Å². The molecule has 23 heavy (non-hydrogen) atoms. The minimum atomic E-state index is 0.115. The Morgan fingerprint density at radius 1 is 1.26 bits per heavy atom. The van der Waals surface area contributed by atoms with Crippen molar-refractivity contribution < 1.29 is 9.53 Å². The molecule has 1 aromatic rings. The zero-order valence-corrected chi connectivity index (χ0v) is 14.0. The third-order valence-electron chi connectivity index (χ3n) is 4.75. The van der Waals surface area contributed by atoms with E-state index in [-0.39, 0.29) is 18.1 Å². The lowest BCUT2D eigenvalue weighted by Gasteiger charge is -2.38. The fourth-order valence-corrected chi connectivity index (χ4v) is 3.21. The molecule has 0 unspecified atom stereocenters. The predicted octanol–water partition coefficient (Wildman–Crippen LogP) is 3.90. The number of hydrogen-bond acceptors (Lipinski definition) is 2. The second-order valence-corrected chi connectivity index (χ2v) is 6.76. The predicted molar refractivity (Wildman–Crippen MR) is 93.0 cm³/mol. The van der Waals surface area contributed by atoms with E-state index in [0.717, 1.165) is 25.1 Å². The van der Waals surface area contributed by atoms with E-state index in [9.17, 15) is 4.79 Å². The summed E-state index contributed by atoms with van der Waals surface area (Å²) in [6.45, 7) is 3.69. The Kier molecular flexibility index (Phi) is 5.50. The number of ether oxygens (including phenoxy) is 1. The van der Waals surface area contributed by atoms with Crippen molar-refractivity contribution in [1.29, 1.82) is 0 Å². The molecule has 0 aromatic heterocycles. The van der Waals surface area contributed by atoms with Gasteiger partial charge in [-0.1, -0.05) is 50.1 Å². The van der Waals surface area contributed by atoms with Gasteiger partial charge in [-0.05, 0) is 36.8 Å². The molecule has 1 aromatic carbocycles. The van der Waals surface area contributed by atoms with Crippen molar-refractivity contribution >= 4 is 12.0 Å². The highest BCUT2D eigenvalue weighted by molar-refractivity contribution is 5.91. The maximum atomic E-state index is 12.6. The van der Waals surface area contributed by atoms with Gasteiger partial charge in [0.1, 0.15) is 0 Å². The summed E-state index contributed by atoms with van der Waals surface area (Å²) in [5, 5.41) is 0. The van der Waals surface area contributed by atoms with Gasteiger partial charge in [-0.15, -0.1) is 0 Å². The van der Waals surface area contributed by atoms with Crippen molar-refractivity contribution in [2.24, 2.45) is 5.92 Å². The summed E-state index contributed by atoms with van der Waals surface area (Å²) in [5.74, 6) is 0.789. The van der Waals surface area contributed by atoms with Crippen molar-refractivity contribution in [3.05, 3.63) is 42.0 Å². The molecule has 3 nitrogen and oxygen atoms in total. The molecule has 2 atom stereocenters. The number of unbranched alkanes of at least 4 members (excludes halogenated alkanes) is 1. The average Bonchev–Trinajstić information content (AvgIpc) is 3.43. The van der Waals surface area contributed by atoms with Crippen LogP contribution >= 0.6 is 0 Å². The SMILES string of the molecule is CCCC[C@@H]1CN(C(=O)/C=C/c2ccccc2)C[C@H](C2CC2)O1. The van der Waals surface area contributed by atoms with Crippen LogP contribution in [0.5, 0.6) is 0 Å². The summed E-state index contributed by atoms with van der Waals surface area (Å²) in [7, 11) is 0. The molecular formula is C20H27NO2. The Morgan fingerprint density at radius 2 is 2.04 bits per heavy atom. The lowest BCUT2D eigenvalue weighted by molar-refractivity contribution is -0.143. The van der Waals surface area contributed by atoms with Gasteiger partial charge < -0.3 is 9.64 Å². The quantitative estimate of drug-likeness (QED) is 0.746. The monoisotopic (exact) mass is 313 g/mol. The first-order valence-corrected chi connectivity index (χ1v) is 8.93. The zero-order valence-electron chi connectivity index (χ0n) is 14.0. The summed E-state index contributed by atoms with van der Waals surface area (Å²) < 4.78 is 6.24. The molecule has 0 spiro atoms. The minimum absolute atomic E-state index is 0.115. The van der Waals surface area contributed by atoms with Crippen LogP contribution in [0, 0.1) is 5.92 Å². The van der Waals surface area contributed by atoms with Gasteiger partial charge in [0.2, 0.25) is 5.91 Å². The smallest absolute Gasteiger partial charge is 0.246 e. The number of benzene rings is 1. The van der Waals surface area contributed by atoms with Crippen LogP contribution in [0.4, 0.5) is 0 Å². The van der Waals surface area contributed by atoms with Crippen LogP contribution < -0.4 is 0 Å². The van der Waals surface area contributed by atoms with Gasteiger partial charge in [0, 0.05) is 19.2 Å². The summed E-state index contributed by atoms with van der Waals surface area (Å²) in [6, 6.07) is 9.99. The molecule has 1 heterocycles. The number of morpholine rings is 1. The van der Waals surface area contributed by atoms with E-state index >= 15 is 0 Å². The Morgan fingerprint density at radius 3 is 2.74 bits per heavy atom. The number of rotatable bonds is 6. The van der Waals surface area contributed by atoms with E-state index in [1.165, 1.54) is 25.7 Å². The summed E-state index contributed by atoms with van der Waals surface area (Å²) in [6.07, 6.45) is 10.0. The molecule has 2 aliphatic rings. The second kappa shape index (κ2) is 7.78. The number of carbonyl (C=O) groups excluding carboxylic acids is 1. The fourth-order valence-electron chi connectivity index (χ4n) is 3.21. The first-order valence-electron chi connectivity index (χ1n) is 8.93. The molecule has 0 bridgehead atoms. The van der Waals surface area contributed by atoms with Gasteiger partial charge in [0.05, 0.1) is 12.2 Å². The molecule has 0 radical (unpaired) electrons. The van der Waals surface area contributed by atoms with Crippen LogP contribution in [-0.4, -0.2) is 36.1 Å². The summed E-state index contributed by atoms with van der Waals surface area (Å²) in [5.41, 5.74) is 1.07. The molecule has 0 N–H and O–H groups in total. The van der Waals surface area contributed by atoms with Crippen molar-refractivity contribution in [3.8, 4) is 0 Å².